The number of carbonyl (C=O) groups excluding carboxylic acids is 1. The van der Waals surface area contributed by atoms with Crippen LogP contribution in [0.2, 0.25) is 0 Å². The second-order valence-corrected chi connectivity index (χ2v) is 8.78. The molecule has 0 aromatic heterocycles. The van der Waals surface area contributed by atoms with E-state index in [2.05, 4.69) is 33.0 Å². The van der Waals surface area contributed by atoms with Crippen LogP contribution in [0.3, 0.4) is 0 Å². The number of benzene rings is 3. The van der Waals surface area contributed by atoms with Gasteiger partial charge in [0, 0.05) is 37.1 Å². The molecule has 34 heavy (non-hydrogen) atoms. The monoisotopic (exact) mass is 476 g/mol. The van der Waals surface area contributed by atoms with Crippen molar-refractivity contribution in [2.45, 2.75) is 25.3 Å². The molecule has 1 heterocycles. The smallest absolute Gasteiger partial charge is 0.253 e. The van der Waals surface area contributed by atoms with Crippen molar-refractivity contribution >= 4 is 34.6 Å². The summed E-state index contributed by atoms with van der Waals surface area (Å²) in [6.45, 7) is 2.25. The number of nitrogens with zero attached hydrogens (tertiary/aromatic N) is 1. The van der Waals surface area contributed by atoms with Gasteiger partial charge in [0.2, 0.25) is 0 Å². The number of anilines is 2. The largest absolute Gasteiger partial charge is 0.371 e. The van der Waals surface area contributed by atoms with E-state index in [0.717, 1.165) is 43.7 Å². The van der Waals surface area contributed by atoms with Crippen LogP contribution in [0.5, 0.6) is 0 Å². The quantitative estimate of drug-likeness (QED) is 0.430. The summed E-state index contributed by atoms with van der Waals surface area (Å²) in [4.78, 5) is 15.2. The molecule has 1 aliphatic rings. The van der Waals surface area contributed by atoms with Crippen molar-refractivity contribution in [1.29, 1.82) is 0 Å². The molecule has 4 rings (SSSR count). The summed E-state index contributed by atoms with van der Waals surface area (Å²) in [6, 6.07) is 24.3. The van der Waals surface area contributed by atoms with Crippen LogP contribution in [-0.4, -0.2) is 36.7 Å². The Hall–Kier alpha value is -3.45. The molecule has 0 saturated carbocycles. The Morgan fingerprint density at radius 1 is 0.941 bits per heavy atom. The minimum Gasteiger partial charge on any atom is -0.371 e. The number of amides is 1. The van der Waals surface area contributed by atoms with Crippen LogP contribution < -0.4 is 20.9 Å². The van der Waals surface area contributed by atoms with Gasteiger partial charge in [-0.3, -0.25) is 4.79 Å². The lowest BCUT2D eigenvalue weighted by Gasteiger charge is -2.35. The summed E-state index contributed by atoms with van der Waals surface area (Å²) in [5, 5.41) is 10.0. The number of carbonyl (C=O) groups is 1. The third-order valence-electron chi connectivity index (χ3n) is 5.96. The number of hydrogen-bond acceptors (Lipinski definition) is 3. The summed E-state index contributed by atoms with van der Waals surface area (Å²) >= 11 is 5.42. The molecule has 0 radical (unpaired) electrons. The van der Waals surface area contributed by atoms with Crippen LogP contribution in [0.25, 0.3) is 0 Å². The topological polar surface area (TPSA) is 56.4 Å². The SMILES string of the molecule is O=C(NCCc1ccccc1)c1ccccc1N1CCC(NC(=S)Nc2ccc(F)cc2)CC1. The number of rotatable bonds is 7. The molecular formula is C27H29FN4OS. The van der Waals surface area contributed by atoms with Crippen molar-refractivity contribution in [2.24, 2.45) is 0 Å². The van der Waals surface area contributed by atoms with E-state index in [1.54, 1.807) is 12.1 Å². The van der Waals surface area contributed by atoms with Crippen molar-refractivity contribution in [1.82, 2.24) is 10.6 Å². The fraction of sp³-hybridized carbons (Fsp3) is 0.259. The molecule has 3 N–H and O–H groups in total. The predicted octanol–water partition coefficient (Wildman–Crippen LogP) is 4.75. The van der Waals surface area contributed by atoms with Crippen LogP contribution in [0.4, 0.5) is 15.8 Å². The number of para-hydroxylation sites is 1. The summed E-state index contributed by atoms with van der Waals surface area (Å²) < 4.78 is 13.1. The number of hydrogen-bond donors (Lipinski definition) is 3. The normalized spacial score (nSPS) is 13.9. The van der Waals surface area contributed by atoms with Gasteiger partial charge in [-0.1, -0.05) is 42.5 Å². The molecule has 0 bridgehead atoms. The van der Waals surface area contributed by atoms with E-state index in [4.69, 9.17) is 12.2 Å². The zero-order valence-corrected chi connectivity index (χ0v) is 19.8. The van der Waals surface area contributed by atoms with Crippen LogP contribution in [-0.2, 0) is 6.42 Å². The molecule has 1 aliphatic heterocycles. The first-order valence-electron chi connectivity index (χ1n) is 11.6. The van der Waals surface area contributed by atoms with Crippen LogP contribution in [0.15, 0.2) is 78.9 Å². The molecule has 5 nitrogen and oxygen atoms in total. The first kappa shape index (κ1) is 23.7. The summed E-state index contributed by atoms with van der Waals surface area (Å²) in [5.74, 6) is -0.321. The molecular weight excluding hydrogens is 447 g/mol. The van der Waals surface area contributed by atoms with Crippen LogP contribution >= 0.6 is 12.2 Å². The minimum absolute atomic E-state index is 0.0449. The molecule has 176 valence electrons. The molecule has 0 aliphatic carbocycles. The van der Waals surface area contributed by atoms with Crippen LogP contribution in [0.1, 0.15) is 28.8 Å². The lowest BCUT2D eigenvalue weighted by molar-refractivity contribution is 0.0954. The number of thiocarbonyl (C=S) groups is 1. The van der Waals surface area contributed by atoms with Crippen molar-refractivity contribution in [3.05, 3.63) is 95.8 Å². The van der Waals surface area contributed by atoms with E-state index in [9.17, 15) is 9.18 Å². The molecule has 0 atom stereocenters. The Bertz CT molecular complexity index is 1100. The zero-order chi connectivity index (χ0) is 23.8. The highest BCUT2D eigenvalue weighted by atomic mass is 32.1. The number of halogens is 1. The zero-order valence-electron chi connectivity index (χ0n) is 19.0. The van der Waals surface area contributed by atoms with Gasteiger partial charge in [-0.2, -0.15) is 0 Å². The Kier molecular flexibility index (Phi) is 8.09. The standard InChI is InChI=1S/C27H29FN4OS/c28-21-10-12-22(13-11-21)30-27(34)31-23-15-18-32(19-16-23)25-9-5-4-8-24(25)26(33)29-17-14-20-6-2-1-3-7-20/h1-13,23H,14-19H2,(H,29,33)(H2,30,31,34). The maximum absolute atomic E-state index is 13.1. The number of nitrogens with one attached hydrogen (secondary N) is 3. The minimum atomic E-state index is -0.276. The van der Waals surface area contributed by atoms with Gasteiger partial charge in [-0.15, -0.1) is 0 Å². The summed E-state index contributed by atoms with van der Waals surface area (Å²) in [7, 11) is 0. The second kappa shape index (κ2) is 11.6. The summed E-state index contributed by atoms with van der Waals surface area (Å²) in [5.41, 5.74) is 3.63. The molecule has 3 aromatic carbocycles. The van der Waals surface area contributed by atoms with Gasteiger partial charge < -0.3 is 20.9 Å². The Labute approximate surface area is 205 Å². The van der Waals surface area contributed by atoms with Gasteiger partial charge >= 0.3 is 0 Å². The second-order valence-electron chi connectivity index (χ2n) is 8.38. The van der Waals surface area contributed by atoms with Gasteiger partial charge in [-0.05, 0) is 73.4 Å². The highest BCUT2D eigenvalue weighted by Crippen LogP contribution is 2.24. The van der Waals surface area contributed by atoms with Crippen molar-refractivity contribution in [3.63, 3.8) is 0 Å². The third-order valence-corrected chi connectivity index (χ3v) is 6.18. The fourth-order valence-corrected chi connectivity index (χ4v) is 4.44. The molecule has 1 fully saturated rings. The van der Waals surface area contributed by atoms with Gasteiger partial charge in [0.15, 0.2) is 5.11 Å². The third kappa shape index (κ3) is 6.54. The van der Waals surface area contributed by atoms with Crippen molar-refractivity contribution < 1.29 is 9.18 Å². The highest BCUT2D eigenvalue weighted by molar-refractivity contribution is 7.80. The summed E-state index contributed by atoms with van der Waals surface area (Å²) in [6.07, 6.45) is 2.60. The molecule has 1 saturated heterocycles. The maximum Gasteiger partial charge on any atom is 0.253 e. The van der Waals surface area contributed by atoms with Crippen molar-refractivity contribution in [2.75, 3.05) is 29.9 Å². The Morgan fingerprint density at radius 3 is 2.35 bits per heavy atom. The molecule has 7 heteroatoms. The van der Waals surface area contributed by atoms with E-state index in [1.807, 2.05) is 42.5 Å². The molecule has 3 aromatic rings. The first-order chi connectivity index (χ1) is 16.6. The van der Waals surface area contributed by atoms with Crippen LogP contribution in [0, 0.1) is 5.82 Å². The Balaban J connectivity index is 1.28. The van der Waals surface area contributed by atoms with E-state index >= 15 is 0 Å². The van der Waals surface area contributed by atoms with E-state index < -0.39 is 0 Å². The van der Waals surface area contributed by atoms with E-state index in [1.165, 1.54) is 17.7 Å². The molecule has 0 unspecified atom stereocenters. The van der Waals surface area contributed by atoms with Crippen molar-refractivity contribution in [3.8, 4) is 0 Å². The lowest BCUT2D eigenvalue weighted by Crippen LogP contribution is -2.46. The van der Waals surface area contributed by atoms with E-state index in [0.29, 0.717) is 17.2 Å². The maximum atomic E-state index is 13.1. The van der Waals surface area contributed by atoms with Gasteiger partial charge in [0.1, 0.15) is 5.82 Å². The van der Waals surface area contributed by atoms with Gasteiger partial charge in [0.25, 0.3) is 5.91 Å². The van der Waals surface area contributed by atoms with Gasteiger partial charge in [0.05, 0.1) is 5.56 Å². The highest BCUT2D eigenvalue weighted by Gasteiger charge is 2.23. The Morgan fingerprint density at radius 2 is 1.62 bits per heavy atom. The molecule has 0 spiro atoms. The first-order valence-corrected chi connectivity index (χ1v) is 12.0. The molecule has 1 amide bonds. The number of piperidine rings is 1. The average Bonchev–Trinajstić information content (AvgIpc) is 2.86. The van der Waals surface area contributed by atoms with E-state index in [-0.39, 0.29) is 17.8 Å². The van der Waals surface area contributed by atoms with Gasteiger partial charge in [-0.25, -0.2) is 4.39 Å². The predicted molar refractivity (Wildman–Crippen MR) is 140 cm³/mol. The average molecular weight is 477 g/mol. The fourth-order valence-electron chi connectivity index (χ4n) is 4.15. The lowest BCUT2D eigenvalue weighted by atomic mass is 10.0.